The van der Waals surface area contributed by atoms with Gasteiger partial charge in [-0.25, -0.2) is 4.98 Å². The number of carbonyl (C=O) groups is 1. The highest BCUT2D eigenvalue weighted by Crippen LogP contribution is 2.13. The van der Waals surface area contributed by atoms with Crippen LogP contribution in [0.25, 0.3) is 0 Å². The summed E-state index contributed by atoms with van der Waals surface area (Å²) in [4.78, 5) is 18.3. The Morgan fingerprint density at radius 1 is 1.61 bits per heavy atom. The van der Waals surface area contributed by atoms with Crippen molar-refractivity contribution in [3.05, 3.63) is 28.7 Å². The Bertz CT molecular complexity index is 413. The van der Waals surface area contributed by atoms with Gasteiger partial charge >= 0.3 is 0 Å². The van der Waals surface area contributed by atoms with E-state index in [1.165, 1.54) is 11.3 Å². The van der Waals surface area contributed by atoms with Crippen LogP contribution < -0.4 is 5.32 Å². The summed E-state index contributed by atoms with van der Waals surface area (Å²) < 4.78 is 5.29. The molecule has 0 unspecified atom stereocenters. The Kier molecular flexibility index (Phi) is 4.86. The molecule has 1 amide bonds. The molecule has 0 spiro atoms. The Morgan fingerprint density at radius 3 is 3.11 bits per heavy atom. The third-order valence-corrected chi connectivity index (χ3v) is 3.49. The molecular formula is C12H17N3O2S. The molecule has 2 rings (SSSR count). The van der Waals surface area contributed by atoms with E-state index in [1.54, 1.807) is 11.5 Å². The molecule has 18 heavy (non-hydrogen) atoms. The van der Waals surface area contributed by atoms with Gasteiger partial charge in [0.15, 0.2) is 0 Å². The second kappa shape index (κ2) is 6.63. The minimum atomic E-state index is -0.139. The molecule has 0 atom stereocenters. The van der Waals surface area contributed by atoms with E-state index < -0.39 is 0 Å². The number of aromatic nitrogens is 1. The van der Waals surface area contributed by atoms with Crippen molar-refractivity contribution >= 4 is 17.2 Å². The SMILES string of the molecule is C=CCNC(=O)c1csc(CN2CCOCC2)n1. The van der Waals surface area contributed by atoms with Crippen LogP contribution >= 0.6 is 11.3 Å². The van der Waals surface area contributed by atoms with Gasteiger partial charge < -0.3 is 10.1 Å². The minimum Gasteiger partial charge on any atom is -0.379 e. The van der Waals surface area contributed by atoms with E-state index in [0.29, 0.717) is 12.2 Å². The molecule has 0 aliphatic carbocycles. The Balaban J connectivity index is 1.88. The first-order chi connectivity index (χ1) is 8.79. The molecule has 1 N–H and O–H groups in total. The molecule has 0 bridgehead atoms. The summed E-state index contributed by atoms with van der Waals surface area (Å²) >= 11 is 1.52. The summed E-state index contributed by atoms with van der Waals surface area (Å²) in [5.74, 6) is -0.139. The van der Waals surface area contributed by atoms with Gasteiger partial charge in [-0.2, -0.15) is 0 Å². The van der Waals surface area contributed by atoms with Gasteiger partial charge in [-0.05, 0) is 0 Å². The van der Waals surface area contributed by atoms with E-state index in [-0.39, 0.29) is 5.91 Å². The molecule has 1 saturated heterocycles. The number of thiazole rings is 1. The van der Waals surface area contributed by atoms with Gasteiger partial charge in [-0.3, -0.25) is 9.69 Å². The first-order valence-electron chi connectivity index (χ1n) is 5.93. The lowest BCUT2D eigenvalue weighted by molar-refractivity contribution is 0.0341. The highest BCUT2D eigenvalue weighted by Gasteiger charge is 2.14. The van der Waals surface area contributed by atoms with Crippen LogP contribution in [0.3, 0.4) is 0 Å². The zero-order chi connectivity index (χ0) is 12.8. The monoisotopic (exact) mass is 267 g/mol. The van der Waals surface area contributed by atoms with Crippen LogP contribution in [0.1, 0.15) is 15.5 Å². The summed E-state index contributed by atoms with van der Waals surface area (Å²) in [6.45, 7) is 8.23. The van der Waals surface area contributed by atoms with E-state index in [0.717, 1.165) is 37.9 Å². The average Bonchev–Trinajstić information content (AvgIpc) is 2.86. The van der Waals surface area contributed by atoms with Crippen molar-refractivity contribution < 1.29 is 9.53 Å². The maximum absolute atomic E-state index is 11.7. The molecule has 6 heteroatoms. The highest BCUT2D eigenvalue weighted by molar-refractivity contribution is 7.09. The lowest BCUT2D eigenvalue weighted by Crippen LogP contribution is -2.35. The van der Waals surface area contributed by atoms with Gasteiger partial charge in [-0.1, -0.05) is 6.08 Å². The number of hydrogen-bond acceptors (Lipinski definition) is 5. The Hall–Kier alpha value is -1.24. The summed E-state index contributed by atoms with van der Waals surface area (Å²) in [6.07, 6.45) is 1.65. The normalized spacial score (nSPS) is 16.4. The summed E-state index contributed by atoms with van der Waals surface area (Å²) in [6, 6.07) is 0. The molecular weight excluding hydrogens is 250 g/mol. The fraction of sp³-hybridized carbons (Fsp3) is 0.500. The predicted octanol–water partition coefficient (Wildman–Crippen LogP) is 0.891. The quantitative estimate of drug-likeness (QED) is 0.805. The van der Waals surface area contributed by atoms with Crippen molar-refractivity contribution in [1.82, 2.24) is 15.2 Å². The molecule has 1 aliphatic rings. The molecule has 5 nitrogen and oxygen atoms in total. The number of rotatable bonds is 5. The first-order valence-corrected chi connectivity index (χ1v) is 6.81. The molecule has 0 radical (unpaired) electrons. The highest BCUT2D eigenvalue weighted by atomic mass is 32.1. The first kappa shape index (κ1) is 13.2. The average molecular weight is 267 g/mol. The van der Waals surface area contributed by atoms with Crippen molar-refractivity contribution in [3.8, 4) is 0 Å². The van der Waals surface area contributed by atoms with Gasteiger partial charge in [0, 0.05) is 25.0 Å². The van der Waals surface area contributed by atoms with Crippen LogP contribution in [0.15, 0.2) is 18.0 Å². The van der Waals surface area contributed by atoms with Gasteiger partial charge in [0.1, 0.15) is 10.7 Å². The third kappa shape index (κ3) is 3.63. The van der Waals surface area contributed by atoms with Gasteiger partial charge in [0.2, 0.25) is 0 Å². The predicted molar refractivity (Wildman–Crippen MR) is 70.7 cm³/mol. The van der Waals surface area contributed by atoms with Crippen molar-refractivity contribution in [1.29, 1.82) is 0 Å². The molecule has 0 saturated carbocycles. The zero-order valence-corrected chi connectivity index (χ0v) is 11.0. The van der Waals surface area contributed by atoms with Crippen LogP contribution in [0, 0.1) is 0 Å². The van der Waals surface area contributed by atoms with E-state index in [2.05, 4.69) is 21.8 Å². The minimum absolute atomic E-state index is 0.139. The number of nitrogens with one attached hydrogen (secondary N) is 1. The van der Waals surface area contributed by atoms with Gasteiger partial charge in [0.25, 0.3) is 5.91 Å². The van der Waals surface area contributed by atoms with Crippen molar-refractivity contribution in [2.45, 2.75) is 6.54 Å². The summed E-state index contributed by atoms with van der Waals surface area (Å²) in [5.41, 5.74) is 0.491. The molecule has 1 aliphatic heterocycles. The molecule has 98 valence electrons. The smallest absolute Gasteiger partial charge is 0.271 e. The maximum Gasteiger partial charge on any atom is 0.271 e. The molecule has 2 heterocycles. The second-order valence-corrected chi connectivity index (χ2v) is 4.96. The van der Waals surface area contributed by atoms with Crippen LogP contribution in [0.5, 0.6) is 0 Å². The van der Waals surface area contributed by atoms with Crippen molar-refractivity contribution in [2.75, 3.05) is 32.8 Å². The standard InChI is InChI=1S/C12H17N3O2S/c1-2-3-13-12(16)10-9-18-11(14-10)8-15-4-6-17-7-5-15/h2,9H,1,3-8H2,(H,13,16). The number of morpholine rings is 1. The Morgan fingerprint density at radius 2 is 2.39 bits per heavy atom. The summed E-state index contributed by atoms with van der Waals surface area (Å²) in [7, 11) is 0. The lowest BCUT2D eigenvalue weighted by Gasteiger charge is -2.25. The third-order valence-electron chi connectivity index (χ3n) is 2.65. The number of carbonyl (C=O) groups excluding carboxylic acids is 1. The van der Waals surface area contributed by atoms with E-state index in [1.807, 2.05) is 0 Å². The summed E-state index contributed by atoms with van der Waals surface area (Å²) in [5, 5.41) is 5.49. The lowest BCUT2D eigenvalue weighted by atomic mass is 10.4. The van der Waals surface area contributed by atoms with Crippen molar-refractivity contribution in [2.24, 2.45) is 0 Å². The molecule has 0 aromatic carbocycles. The number of amides is 1. The zero-order valence-electron chi connectivity index (χ0n) is 10.2. The largest absolute Gasteiger partial charge is 0.379 e. The fourth-order valence-electron chi connectivity index (χ4n) is 1.69. The van der Waals surface area contributed by atoms with Crippen molar-refractivity contribution in [3.63, 3.8) is 0 Å². The topological polar surface area (TPSA) is 54.5 Å². The second-order valence-electron chi connectivity index (χ2n) is 4.01. The van der Waals surface area contributed by atoms with Crippen LogP contribution in [0.2, 0.25) is 0 Å². The van der Waals surface area contributed by atoms with E-state index >= 15 is 0 Å². The van der Waals surface area contributed by atoms with Gasteiger partial charge in [0.05, 0.1) is 19.8 Å². The van der Waals surface area contributed by atoms with Crippen LogP contribution in [0.4, 0.5) is 0 Å². The molecule has 1 fully saturated rings. The number of hydrogen-bond donors (Lipinski definition) is 1. The Labute approximate surface area is 110 Å². The molecule has 1 aromatic rings. The maximum atomic E-state index is 11.7. The number of ether oxygens (including phenoxy) is 1. The van der Waals surface area contributed by atoms with E-state index in [4.69, 9.17) is 4.74 Å². The van der Waals surface area contributed by atoms with Crippen LogP contribution in [-0.4, -0.2) is 48.6 Å². The fourth-order valence-corrected chi connectivity index (χ4v) is 2.51. The molecule has 1 aromatic heterocycles. The van der Waals surface area contributed by atoms with Crippen LogP contribution in [-0.2, 0) is 11.3 Å². The van der Waals surface area contributed by atoms with Gasteiger partial charge in [-0.15, -0.1) is 17.9 Å². The number of nitrogens with zero attached hydrogens (tertiary/aromatic N) is 2. The van der Waals surface area contributed by atoms with E-state index in [9.17, 15) is 4.79 Å².